The van der Waals surface area contributed by atoms with E-state index in [0.717, 1.165) is 45.0 Å². The average molecular weight is 566 g/mol. The zero-order valence-corrected chi connectivity index (χ0v) is 21.5. The largest absolute Gasteiger partial charge is 0.459 e. The maximum absolute atomic E-state index is 12.4. The summed E-state index contributed by atoms with van der Waals surface area (Å²) in [4.78, 5) is 37.0. The fourth-order valence-electron chi connectivity index (χ4n) is 3.56. The molecule has 0 saturated heterocycles. The summed E-state index contributed by atoms with van der Waals surface area (Å²) in [5, 5.41) is 2.81. The summed E-state index contributed by atoms with van der Waals surface area (Å²) >= 11 is 6.70. The van der Waals surface area contributed by atoms with Gasteiger partial charge in [-0.2, -0.15) is 0 Å². The Morgan fingerprint density at radius 2 is 1.59 bits per heavy atom. The Balaban J connectivity index is 0.000000204. The number of nitrogens with one attached hydrogen (secondary N) is 1. The molecule has 2 heterocycles. The first-order chi connectivity index (χ1) is 15.0. The van der Waals surface area contributed by atoms with E-state index in [-0.39, 0.29) is 24.3 Å². The van der Waals surface area contributed by atoms with Crippen molar-refractivity contribution in [3.63, 3.8) is 0 Å². The molecule has 32 heavy (non-hydrogen) atoms. The lowest BCUT2D eigenvalue weighted by atomic mass is 9.99. The van der Waals surface area contributed by atoms with Gasteiger partial charge in [0, 0.05) is 33.2 Å². The van der Waals surface area contributed by atoms with E-state index in [4.69, 9.17) is 4.74 Å². The van der Waals surface area contributed by atoms with Gasteiger partial charge in [0.25, 0.3) is 11.8 Å². The first-order valence-electron chi connectivity index (χ1n) is 10.4. The molecule has 0 unspecified atom stereocenters. The maximum Gasteiger partial charge on any atom is 0.326 e. The van der Waals surface area contributed by atoms with Gasteiger partial charge in [-0.15, -0.1) is 0 Å². The first-order valence-corrected chi connectivity index (χ1v) is 12.0. The van der Waals surface area contributed by atoms with Crippen LogP contribution in [0.15, 0.2) is 45.3 Å². The van der Waals surface area contributed by atoms with Gasteiger partial charge in [0.05, 0.1) is 0 Å². The molecule has 0 fully saturated rings. The molecule has 0 radical (unpaired) electrons. The number of amides is 2. The third-order valence-electron chi connectivity index (χ3n) is 4.98. The van der Waals surface area contributed by atoms with Crippen LogP contribution in [0.4, 0.5) is 0 Å². The van der Waals surface area contributed by atoms with Crippen LogP contribution in [-0.2, 0) is 22.4 Å². The quantitative estimate of drug-likeness (QED) is 0.543. The van der Waals surface area contributed by atoms with Crippen molar-refractivity contribution in [3.05, 3.63) is 67.6 Å². The fourth-order valence-corrected chi connectivity index (χ4v) is 4.28. The Kier molecular flexibility index (Phi) is 7.77. The second-order valence-electron chi connectivity index (χ2n) is 8.67. The van der Waals surface area contributed by atoms with Gasteiger partial charge in [0.15, 0.2) is 0 Å². The van der Waals surface area contributed by atoms with Gasteiger partial charge in [-0.3, -0.25) is 14.4 Å². The number of hydrogen-bond donors (Lipinski definition) is 1. The lowest BCUT2D eigenvalue weighted by molar-refractivity contribution is -0.155. The lowest BCUT2D eigenvalue weighted by Crippen LogP contribution is -2.42. The molecule has 0 aliphatic carbocycles. The molecule has 170 valence electrons. The number of fused-ring (bicyclic) bond motifs is 2. The van der Waals surface area contributed by atoms with Crippen LogP contribution >= 0.6 is 31.9 Å². The van der Waals surface area contributed by atoms with Crippen LogP contribution in [0.5, 0.6) is 0 Å². The van der Waals surface area contributed by atoms with Crippen molar-refractivity contribution in [3.8, 4) is 0 Å². The van der Waals surface area contributed by atoms with E-state index in [1.54, 1.807) is 11.0 Å². The van der Waals surface area contributed by atoms with Crippen LogP contribution in [0.3, 0.4) is 0 Å². The van der Waals surface area contributed by atoms with Crippen LogP contribution in [0, 0.1) is 0 Å². The van der Waals surface area contributed by atoms with Crippen molar-refractivity contribution in [2.24, 2.45) is 0 Å². The summed E-state index contributed by atoms with van der Waals surface area (Å²) in [5.41, 5.74) is 3.10. The van der Waals surface area contributed by atoms with Gasteiger partial charge in [-0.25, -0.2) is 0 Å². The minimum atomic E-state index is -0.531. The van der Waals surface area contributed by atoms with E-state index in [1.165, 1.54) is 0 Å². The van der Waals surface area contributed by atoms with Gasteiger partial charge in [0.1, 0.15) is 12.1 Å². The predicted octanol–water partition coefficient (Wildman–Crippen LogP) is 4.52. The molecule has 4 rings (SSSR count). The first kappa shape index (κ1) is 24.5. The third-order valence-corrected chi connectivity index (χ3v) is 5.96. The number of carbonyl (C=O) groups is 3. The van der Waals surface area contributed by atoms with Crippen LogP contribution in [0.25, 0.3) is 0 Å². The molecule has 2 aromatic rings. The zero-order valence-electron chi connectivity index (χ0n) is 18.3. The molecule has 6 nitrogen and oxygen atoms in total. The number of nitrogens with zero attached hydrogens (tertiary/aromatic N) is 1. The molecule has 8 heteroatoms. The number of rotatable bonds is 2. The number of halogens is 2. The van der Waals surface area contributed by atoms with Gasteiger partial charge in [-0.05, 0) is 69.0 Å². The van der Waals surface area contributed by atoms with E-state index in [0.29, 0.717) is 12.1 Å². The molecule has 0 bridgehead atoms. The van der Waals surface area contributed by atoms with Crippen LogP contribution in [0.1, 0.15) is 52.6 Å². The summed E-state index contributed by atoms with van der Waals surface area (Å²) in [5.74, 6) is -0.444. The molecule has 2 aliphatic rings. The molecular weight excluding hydrogens is 540 g/mol. The molecule has 2 aromatic carbocycles. The van der Waals surface area contributed by atoms with E-state index >= 15 is 0 Å². The average Bonchev–Trinajstić information content (AvgIpc) is 2.70. The molecule has 2 amide bonds. The summed E-state index contributed by atoms with van der Waals surface area (Å²) in [7, 11) is 0. The van der Waals surface area contributed by atoms with E-state index in [1.807, 2.05) is 51.1 Å². The molecular formula is C24H26Br2N2O4. The normalized spacial score (nSPS) is 15.1. The Hall–Kier alpha value is -2.19. The highest BCUT2D eigenvalue weighted by Gasteiger charge is 2.27. The minimum absolute atomic E-state index is 0.00204. The second-order valence-corrected chi connectivity index (χ2v) is 10.5. The Morgan fingerprint density at radius 1 is 1.00 bits per heavy atom. The summed E-state index contributed by atoms with van der Waals surface area (Å²) in [6.45, 7) is 6.75. The van der Waals surface area contributed by atoms with Crippen LogP contribution < -0.4 is 5.32 Å². The monoisotopic (exact) mass is 564 g/mol. The van der Waals surface area contributed by atoms with Crippen molar-refractivity contribution >= 4 is 49.6 Å². The van der Waals surface area contributed by atoms with Crippen LogP contribution in [0.2, 0.25) is 0 Å². The molecule has 2 aliphatic heterocycles. The zero-order chi connectivity index (χ0) is 23.5. The highest BCUT2D eigenvalue weighted by Crippen LogP contribution is 2.23. The van der Waals surface area contributed by atoms with Crippen molar-refractivity contribution < 1.29 is 19.1 Å². The molecule has 0 atom stereocenters. The number of hydrogen-bond acceptors (Lipinski definition) is 4. The molecule has 1 N–H and O–H groups in total. The number of ether oxygens (including phenoxy) is 1. The van der Waals surface area contributed by atoms with E-state index in [2.05, 4.69) is 37.2 Å². The molecule has 0 spiro atoms. The number of benzene rings is 2. The summed E-state index contributed by atoms with van der Waals surface area (Å²) < 4.78 is 7.08. The standard InChI is InChI=1S/C15H18BrNO3.C9H8BrNO/c1-15(2,3)20-13(18)9-17-7-6-10-4-5-11(16)8-12(10)14(17)19;10-7-2-1-6-3-4-11-9(12)8(6)5-7/h4-5,8H,6-7,9H2,1-3H3;1-2,5H,3-4H2,(H,11,12). The summed E-state index contributed by atoms with van der Waals surface area (Å²) in [6, 6.07) is 11.5. The smallest absolute Gasteiger partial charge is 0.326 e. The van der Waals surface area contributed by atoms with Crippen molar-refractivity contribution in [1.29, 1.82) is 0 Å². The van der Waals surface area contributed by atoms with E-state index in [9.17, 15) is 14.4 Å². The fraction of sp³-hybridized carbons (Fsp3) is 0.375. The minimum Gasteiger partial charge on any atom is -0.459 e. The number of carbonyl (C=O) groups excluding carboxylic acids is 3. The van der Waals surface area contributed by atoms with E-state index < -0.39 is 5.60 Å². The highest BCUT2D eigenvalue weighted by molar-refractivity contribution is 9.10. The highest BCUT2D eigenvalue weighted by atomic mass is 79.9. The third kappa shape index (κ3) is 6.42. The molecule has 0 aromatic heterocycles. The van der Waals surface area contributed by atoms with Crippen LogP contribution in [-0.4, -0.2) is 47.9 Å². The van der Waals surface area contributed by atoms with Crippen molar-refractivity contribution in [2.45, 2.75) is 39.2 Å². The second kappa shape index (κ2) is 10.2. The van der Waals surface area contributed by atoms with Crippen molar-refractivity contribution in [1.82, 2.24) is 10.2 Å². The number of esters is 1. The Bertz CT molecular complexity index is 1050. The topological polar surface area (TPSA) is 75.7 Å². The summed E-state index contributed by atoms with van der Waals surface area (Å²) in [6.07, 6.45) is 1.70. The SMILES string of the molecule is CC(C)(C)OC(=O)CN1CCc2ccc(Br)cc2C1=O.O=C1NCCc2ccc(Br)cc21. The van der Waals surface area contributed by atoms with Crippen molar-refractivity contribution in [2.75, 3.05) is 19.6 Å². The van der Waals surface area contributed by atoms with Gasteiger partial charge in [-0.1, -0.05) is 44.0 Å². The lowest BCUT2D eigenvalue weighted by Gasteiger charge is -2.29. The Morgan fingerprint density at radius 3 is 2.22 bits per heavy atom. The maximum atomic E-state index is 12.4. The van der Waals surface area contributed by atoms with Gasteiger partial charge >= 0.3 is 5.97 Å². The molecule has 0 saturated carbocycles. The Labute approximate surface area is 205 Å². The predicted molar refractivity (Wildman–Crippen MR) is 130 cm³/mol. The van der Waals surface area contributed by atoms with Gasteiger partial charge in [0.2, 0.25) is 0 Å². The van der Waals surface area contributed by atoms with Gasteiger partial charge < -0.3 is 15.0 Å².